The van der Waals surface area contributed by atoms with Crippen LogP contribution < -0.4 is 14.4 Å². The maximum Gasteiger partial charge on any atom is 0.265 e. The van der Waals surface area contributed by atoms with Crippen LogP contribution in [-0.2, 0) is 14.8 Å². The quantitative estimate of drug-likeness (QED) is 0.739. The number of amides is 2. The van der Waals surface area contributed by atoms with Crippen LogP contribution in [0.3, 0.4) is 0 Å². The van der Waals surface area contributed by atoms with Gasteiger partial charge in [0.25, 0.3) is 11.8 Å². The van der Waals surface area contributed by atoms with E-state index in [1.165, 1.54) is 4.31 Å². The first kappa shape index (κ1) is 23.1. The number of ether oxygens (including phenoxy) is 1. The predicted molar refractivity (Wildman–Crippen MR) is 127 cm³/mol. The minimum Gasteiger partial charge on any atom is -0.478 e. The number of sulfonamides is 1. The molecule has 1 fully saturated rings. The van der Waals surface area contributed by atoms with Gasteiger partial charge >= 0.3 is 0 Å². The van der Waals surface area contributed by atoms with Gasteiger partial charge in [-0.15, -0.1) is 0 Å². The third kappa shape index (κ3) is 5.13. The smallest absolute Gasteiger partial charge is 0.265 e. The molecule has 0 radical (unpaired) electrons. The molecule has 8 nitrogen and oxygen atoms in total. The zero-order valence-electron chi connectivity index (χ0n) is 18.9. The number of para-hydroxylation sites is 1. The van der Waals surface area contributed by atoms with Crippen molar-refractivity contribution in [1.82, 2.24) is 4.90 Å². The summed E-state index contributed by atoms with van der Waals surface area (Å²) < 4.78 is 32.0. The largest absolute Gasteiger partial charge is 0.478 e. The molecule has 0 unspecified atom stereocenters. The number of hydrogen-bond acceptors (Lipinski definition) is 5. The second-order valence-electron chi connectivity index (χ2n) is 8.59. The normalized spacial score (nSPS) is 18.7. The van der Waals surface area contributed by atoms with Gasteiger partial charge in [-0.1, -0.05) is 18.2 Å². The summed E-state index contributed by atoms with van der Waals surface area (Å²) in [5.41, 5.74) is 2.18. The Morgan fingerprint density at radius 2 is 1.76 bits per heavy atom. The summed E-state index contributed by atoms with van der Waals surface area (Å²) in [6.45, 7) is 3.41. The molecule has 4 rings (SSSR count). The number of fused-ring (bicyclic) bond motifs is 1. The molecule has 2 aliphatic heterocycles. The van der Waals surface area contributed by atoms with Gasteiger partial charge in [-0.3, -0.25) is 13.9 Å². The summed E-state index contributed by atoms with van der Waals surface area (Å²) in [6, 6.07) is 12.2. The van der Waals surface area contributed by atoms with Crippen LogP contribution in [-0.4, -0.2) is 57.1 Å². The van der Waals surface area contributed by atoms with E-state index in [1.807, 2.05) is 17.9 Å². The van der Waals surface area contributed by atoms with Gasteiger partial charge in [0.2, 0.25) is 10.0 Å². The Bertz CT molecular complexity index is 1160. The Balaban J connectivity index is 1.56. The number of likely N-dealkylation sites (tertiary alicyclic amines) is 1. The highest BCUT2D eigenvalue weighted by molar-refractivity contribution is 7.92. The fourth-order valence-corrected chi connectivity index (χ4v) is 5.21. The fraction of sp³-hybridized carbons (Fsp3) is 0.417. The molecule has 0 bridgehead atoms. The van der Waals surface area contributed by atoms with Crippen molar-refractivity contribution in [3.63, 3.8) is 0 Å². The number of hydrogen-bond donors (Lipinski definition) is 1. The van der Waals surface area contributed by atoms with E-state index in [-0.39, 0.29) is 18.9 Å². The van der Waals surface area contributed by atoms with Gasteiger partial charge in [-0.05, 0) is 56.0 Å². The number of nitrogens with zero attached hydrogens (tertiary/aromatic N) is 2. The molecule has 2 aromatic rings. The maximum atomic E-state index is 13.2. The van der Waals surface area contributed by atoms with Crippen LogP contribution in [0.1, 0.15) is 41.6 Å². The lowest BCUT2D eigenvalue weighted by atomic mass is 10.1. The first-order valence-electron chi connectivity index (χ1n) is 11.2. The van der Waals surface area contributed by atoms with Crippen molar-refractivity contribution < 1.29 is 22.7 Å². The summed E-state index contributed by atoms with van der Waals surface area (Å²) in [5.74, 6) is -0.186. The van der Waals surface area contributed by atoms with E-state index in [2.05, 4.69) is 5.32 Å². The molecule has 176 valence electrons. The van der Waals surface area contributed by atoms with Crippen molar-refractivity contribution in [1.29, 1.82) is 0 Å². The van der Waals surface area contributed by atoms with E-state index in [1.54, 1.807) is 36.4 Å². The highest BCUT2D eigenvalue weighted by atomic mass is 32.2. The number of benzene rings is 2. The Hall–Kier alpha value is -3.07. The van der Waals surface area contributed by atoms with Crippen LogP contribution in [0.15, 0.2) is 42.5 Å². The molecule has 33 heavy (non-hydrogen) atoms. The highest BCUT2D eigenvalue weighted by Crippen LogP contribution is 2.35. The Labute approximate surface area is 194 Å². The van der Waals surface area contributed by atoms with E-state index in [4.69, 9.17) is 4.74 Å². The van der Waals surface area contributed by atoms with Crippen molar-refractivity contribution in [2.24, 2.45) is 0 Å². The summed E-state index contributed by atoms with van der Waals surface area (Å²) in [7, 11) is -3.55. The molecule has 2 heterocycles. The molecule has 1 saturated heterocycles. The summed E-state index contributed by atoms with van der Waals surface area (Å²) in [4.78, 5) is 28.0. The lowest BCUT2D eigenvalue weighted by Gasteiger charge is -2.27. The number of carbonyl (C=O) groups is 2. The molecule has 9 heteroatoms. The highest BCUT2D eigenvalue weighted by Gasteiger charge is 2.32. The van der Waals surface area contributed by atoms with Gasteiger partial charge in [0.05, 0.1) is 23.2 Å². The van der Waals surface area contributed by atoms with Crippen LogP contribution in [0, 0.1) is 6.92 Å². The maximum absolute atomic E-state index is 13.2. The van der Waals surface area contributed by atoms with Crippen LogP contribution in [0.25, 0.3) is 0 Å². The van der Waals surface area contributed by atoms with Gasteiger partial charge in [0.15, 0.2) is 6.10 Å². The van der Waals surface area contributed by atoms with Gasteiger partial charge < -0.3 is 15.0 Å². The monoisotopic (exact) mass is 471 g/mol. The van der Waals surface area contributed by atoms with Crippen LogP contribution in [0.5, 0.6) is 5.75 Å². The molecule has 0 saturated carbocycles. The third-order valence-corrected chi connectivity index (χ3v) is 7.18. The number of aryl methyl sites for hydroxylation is 1. The molecule has 2 aliphatic rings. The molecule has 0 aliphatic carbocycles. The number of carbonyl (C=O) groups excluding carboxylic acids is 2. The van der Waals surface area contributed by atoms with Crippen molar-refractivity contribution in [3.05, 3.63) is 53.6 Å². The topological polar surface area (TPSA) is 96.0 Å². The molecular formula is C24H29N3O5S. The third-order valence-electron chi connectivity index (χ3n) is 6.00. The average Bonchev–Trinajstić information content (AvgIpc) is 2.99. The Morgan fingerprint density at radius 1 is 1.03 bits per heavy atom. The lowest BCUT2D eigenvalue weighted by molar-refractivity contribution is -0.122. The number of piperidine rings is 1. The van der Waals surface area contributed by atoms with E-state index in [0.29, 0.717) is 35.8 Å². The summed E-state index contributed by atoms with van der Waals surface area (Å²) in [6.07, 6.45) is 3.48. The first-order chi connectivity index (χ1) is 15.7. The molecule has 1 N–H and O–H groups in total. The standard InChI is InChI=1S/C24H29N3O5S/c1-17-10-11-21-20(16-17)27(33(2,30)31)15-12-22(32-21)23(28)25-19-9-5-4-8-18(19)24(29)26-13-6-3-7-14-26/h4-5,8-11,16,22H,3,6-7,12-15H2,1-2H3,(H,25,28)/t22-/m0/s1. The fourth-order valence-electron chi connectivity index (χ4n) is 4.28. The molecule has 2 amide bonds. The zero-order valence-corrected chi connectivity index (χ0v) is 19.7. The van der Waals surface area contributed by atoms with Gasteiger partial charge in [0, 0.05) is 26.1 Å². The van der Waals surface area contributed by atoms with Gasteiger partial charge in [-0.25, -0.2) is 8.42 Å². The number of anilines is 2. The second-order valence-corrected chi connectivity index (χ2v) is 10.5. The molecule has 1 atom stereocenters. The molecular weight excluding hydrogens is 442 g/mol. The zero-order chi connectivity index (χ0) is 23.6. The minimum atomic E-state index is -3.55. The first-order valence-corrected chi connectivity index (χ1v) is 13.0. The van der Waals surface area contributed by atoms with E-state index < -0.39 is 22.0 Å². The van der Waals surface area contributed by atoms with Crippen molar-refractivity contribution in [2.75, 3.05) is 35.5 Å². The van der Waals surface area contributed by atoms with Crippen LogP contribution in [0.2, 0.25) is 0 Å². The van der Waals surface area contributed by atoms with E-state index >= 15 is 0 Å². The van der Waals surface area contributed by atoms with Crippen LogP contribution >= 0.6 is 0 Å². The predicted octanol–water partition coefficient (Wildman–Crippen LogP) is 3.18. The molecule has 0 aromatic heterocycles. The average molecular weight is 472 g/mol. The van der Waals surface area contributed by atoms with Crippen molar-refractivity contribution >= 4 is 33.2 Å². The Morgan fingerprint density at radius 3 is 2.48 bits per heavy atom. The van der Waals surface area contributed by atoms with E-state index in [0.717, 1.165) is 31.1 Å². The van der Waals surface area contributed by atoms with Crippen LogP contribution in [0.4, 0.5) is 11.4 Å². The van der Waals surface area contributed by atoms with Crippen molar-refractivity contribution in [3.8, 4) is 5.75 Å². The number of nitrogens with one attached hydrogen (secondary N) is 1. The minimum absolute atomic E-state index is 0.101. The molecule has 2 aromatic carbocycles. The van der Waals surface area contributed by atoms with Crippen molar-refractivity contribution in [2.45, 2.75) is 38.7 Å². The Kier molecular flexibility index (Phi) is 6.60. The van der Waals surface area contributed by atoms with Gasteiger partial charge in [0.1, 0.15) is 5.75 Å². The molecule has 0 spiro atoms. The van der Waals surface area contributed by atoms with Gasteiger partial charge in [-0.2, -0.15) is 0 Å². The lowest BCUT2D eigenvalue weighted by Crippen LogP contribution is -2.38. The SMILES string of the molecule is Cc1ccc2c(c1)N(S(C)(=O)=O)CC[C@@H](C(=O)Nc1ccccc1C(=O)N1CCCCC1)O2. The second kappa shape index (κ2) is 9.43. The number of rotatable bonds is 4. The summed E-state index contributed by atoms with van der Waals surface area (Å²) in [5, 5.41) is 2.84. The summed E-state index contributed by atoms with van der Waals surface area (Å²) >= 11 is 0. The van der Waals surface area contributed by atoms with E-state index in [9.17, 15) is 18.0 Å².